The summed E-state index contributed by atoms with van der Waals surface area (Å²) in [5.74, 6) is 0.486. The first kappa shape index (κ1) is 15.8. The molecular formula is C11H16BrNO3S2. The van der Waals surface area contributed by atoms with Gasteiger partial charge in [-0.3, -0.25) is 4.21 Å². The van der Waals surface area contributed by atoms with E-state index in [2.05, 4.69) is 20.7 Å². The second-order valence-electron chi connectivity index (χ2n) is 4.02. The second-order valence-corrected chi connectivity index (χ2v) is 8.11. The van der Waals surface area contributed by atoms with Gasteiger partial charge in [-0.2, -0.15) is 0 Å². The average Bonchev–Trinajstić information content (AvgIpc) is 2.26. The topological polar surface area (TPSA) is 63.2 Å². The van der Waals surface area contributed by atoms with Gasteiger partial charge >= 0.3 is 0 Å². The molecule has 0 aliphatic heterocycles. The Hall–Kier alpha value is -0.240. The van der Waals surface area contributed by atoms with Crippen molar-refractivity contribution in [2.24, 2.45) is 0 Å². The van der Waals surface area contributed by atoms with Gasteiger partial charge < -0.3 is 0 Å². The zero-order chi connectivity index (χ0) is 13.8. The predicted molar refractivity (Wildman–Crippen MR) is 77.5 cm³/mol. The fourth-order valence-electron chi connectivity index (χ4n) is 1.39. The molecule has 0 heterocycles. The summed E-state index contributed by atoms with van der Waals surface area (Å²) in [5.41, 5.74) is 0. The fourth-order valence-corrected chi connectivity index (χ4v) is 4.36. The maximum absolute atomic E-state index is 12.1. The Bertz CT molecular complexity index is 531. The molecule has 0 saturated carbocycles. The van der Waals surface area contributed by atoms with Gasteiger partial charge in [-0.25, -0.2) is 13.1 Å². The van der Waals surface area contributed by atoms with Crippen LogP contribution >= 0.6 is 15.9 Å². The molecule has 0 radical (unpaired) electrons. The van der Waals surface area contributed by atoms with Crippen LogP contribution in [0.4, 0.5) is 0 Å². The molecule has 1 aromatic rings. The summed E-state index contributed by atoms with van der Waals surface area (Å²) >= 11 is 3.22. The van der Waals surface area contributed by atoms with Gasteiger partial charge in [-0.15, -0.1) is 0 Å². The molecule has 4 nitrogen and oxygen atoms in total. The van der Waals surface area contributed by atoms with Crippen LogP contribution in [0.5, 0.6) is 0 Å². The van der Waals surface area contributed by atoms with E-state index in [9.17, 15) is 12.6 Å². The lowest BCUT2D eigenvalue weighted by Gasteiger charge is -2.14. The highest BCUT2D eigenvalue weighted by atomic mass is 79.9. The van der Waals surface area contributed by atoms with E-state index in [4.69, 9.17) is 0 Å². The Morgan fingerprint density at radius 3 is 2.56 bits per heavy atom. The molecule has 1 N–H and O–H groups in total. The highest BCUT2D eigenvalue weighted by Gasteiger charge is 2.19. The Morgan fingerprint density at radius 2 is 2.00 bits per heavy atom. The first-order valence-corrected chi connectivity index (χ1v) is 9.40. The summed E-state index contributed by atoms with van der Waals surface area (Å²) in [4.78, 5) is 0.217. The molecule has 102 valence electrons. The Kier molecular flexibility index (Phi) is 5.97. The standard InChI is InChI=1S/C11H16BrNO3S2/c1-9(7-8-17(2)14)13-18(15,16)11-6-4-3-5-10(11)12/h3-6,9,13H,7-8H2,1-2H3. The molecule has 18 heavy (non-hydrogen) atoms. The summed E-state index contributed by atoms with van der Waals surface area (Å²) < 4.78 is 38.3. The molecule has 1 aromatic carbocycles. The van der Waals surface area contributed by atoms with Crippen molar-refractivity contribution in [3.8, 4) is 0 Å². The van der Waals surface area contributed by atoms with E-state index in [0.29, 0.717) is 16.6 Å². The van der Waals surface area contributed by atoms with Gasteiger partial charge in [0.2, 0.25) is 10.0 Å². The zero-order valence-corrected chi connectivity index (χ0v) is 13.4. The van der Waals surface area contributed by atoms with Gasteiger partial charge in [0.05, 0.1) is 4.90 Å². The summed E-state index contributed by atoms with van der Waals surface area (Å²) in [5, 5.41) is 0. The quantitative estimate of drug-likeness (QED) is 0.849. The fraction of sp³-hybridized carbons (Fsp3) is 0.455. The number of halogens is 1. The van der Waals surface area contributed by atoms with Crippen molar-refractivity contribution in [3.05, 3.63) is 28.7 Å². The monoisotopic (exact) mass is 353 g/mol. The first-order chi connectivity index (χ1) is 8.33. The van der Waals surface area contributed by atoms with Gasteiger partial charge in [0.15, 0.2) is 0 Å². The van der Waals surface area contributed by atoms with Crippen LogP contribution in [0.2, 0.25) is 0 Å². The highest BCUT2D eigenvalue weighted by molar-refractivity contribution is 9.10. The summed E-state index contributed by atoms with van der Waals surface area (Å²) in [6.45, 7) is 1.77. The molecule has 0 aromatic heterocycles. The second kappa shape index (κ2) is 6.79. The van der Waals surface area contributed by atoms with Gasteiger partial charge in [0.1, 0.15) is 0 Å². The van der Waals surface area contributed by atoms with Crippen molar-refractivity contribution >= 4 is 36.8 Å². The van der Waals surface area contributed by atoms with E-state index in [1.165, 1.54) is 6.07 Å². The number of hydrogen-bond acceptors (Lipinski definition) is 3. The van der Waals surface area contributed by atoms with Crippen LogP contribution in [-0.4, -0.2) is 30.7 Å². The Balaban J connectivity index is 2.77. The minimum Gasteiger partial charge on any atom is -0.260 e. The van der Waals surface area contributed by atoms with Crippen LogP contribution in [-0.2, 0) is 20.8 Å². The third-order valence-corrected chi connectivity index (χ3v) is 5.73. The van der Waals surface area contributed by atoms with Crippen LogP contribution in [0.25, 0.3) is 0 Å². The summed E-state index contributed by atoms with van der Waals surface area (Å²) in [6, 6.07) is 6.40. The molecule has 2 unspecified atom stereocenters. The number of rotatable bonds is 6. The maximum atomic E-state index is 12.1. The maximum Gasteiger partial charge on any atom is 0.241 e. The van der Waals surface area contributed by atoms with E-state index < -0.39 is 20.8 Å². The Labute approximate surface area is 119 Å². The molecule has 1 rings (SSSR count). The van der Waals surface area contributed by atoms with E-state index >= 15 is 0 Å². The number of sulfonamides is 1. The van der Waals surface area contributed by atoms with Crippen LogP contribution in [0.15, 0.2) is 33.6 Å². The van der Waals surface area contributed by atoms with E-state index in [1.54, 1.807) is 31.4 Å². The number of nitrogens with one attached hydrogen (secondary N) is 1. The van der Waals surface area contributed by atoms with E-state index in [1.807, 2.05) is 0 Å². The third-order valence-electron chi connectivity index (χ3n) is 2.32. The summed E-state index contributed by atoms with van der Waals surface area (Å²) in [7, 11) is -4.44. The van der Waals surface area contributed by atoms with Crippen molar-refractivity contribution in [1.82, 2.24) is 4.72 Å². The van der Waals surface area contributed by atoms with E-state index in [-0.39, 0.29) is 10.9 Å². The molecule has 0 fully saturated rings. The lowest BCUT2D eigenvalue weighted by atomic mass is 10.3. The normalized spacial score (nSPS) is 15.3. The highest BCUT2D eigenvalue weighted by Crippen LogP contribution is 2.21. The van der Waals surface area contributed by atoms with Crippen LogP contribution in [0.1, 0.15) is 13.3 Å². The SMILES string of the molecule is CC(CCS(C)=O)NS(=O)(=O)c1ccccc1Br. The molecule has 0 bridgehead atoms. The smallest absolute Gasteiger partial charge is 0.241 e. The third kappa shape index (κ3) is 4.79. The minimum absolute atomic E-state index is 0.217. The average molecular weight is 354 g/mol. The van der Waals surface area contributed by atoms with Crippen molar-refractivity contribution in [2.45, 2.75) is 24.3 Å². The molecule has 0 saturated heterocycles. The van der Waals surface area contributed by atoms with Crippen LogP contribution in [0, 0.1) is 0 Å². The molecule has 0 spiro atoms. The molecule has 2 atom stereocenters. The minimum atomic E-state index is -3.53. The van der Waals surface area contributed by atoms with Crippen molar-refractivity contribution in [2.75, 3.05) is 12.0 Å². The number of benzene rings is 1. The molecule has 0 aliphatic rings. The number of hydrogen-bond donors (Lipinski definition) is 1. The lowest BCUT2D eigenvalue weighted by Crippen LogP contribution is -2.33. The van der Waals surface area contributed by atoms with Crippen molar-refractivity contribution in [3.63, 3.8) is 0 Å². The molecule has 0 amide bonds. The predicted octanol–water partition coefficient (Wildman–Crippen LogP) is 1.88. The lowest BCUT2D eigenvalue weighted by molar-refractivity contribution is 0.555. The Morgan fingerprint density at radius 1 is 1.39 bits per heavy atom. The van der Waals surface area contributed by atoms with Gasteiger partial charge in [0, 0.05) is 33.3 Å². The molecule has 0 aliphatic carbocycles. The molecular weight excluding hydrogens is 338 g/mol. The van der Waals surface area contributed by atoms with E-state index in [0.717, 1.165) is 0 Å². The van der Waals surface area contributed by atoms with Gasteiger partial charge in [0.25, 0.3) is 0 Å². The summed E-state index contributed by atoms with van der Waals surface area (Å²) in [6.07, 6.45) is 2.15. The van der Waals surface area contributed by atoms with Crippen LogP contribution < -0.4 is 4.72 Å². The van der Waals surface area contributed by atoms with Crippen molar-refractivity contribution < 1.29 is 12.6 Å². The van der Waals surface area contributed by atoms with Gasteiger partial charge in [-0.1, -0.05) is 12.1 Å². The zero-order valence-electron chi connectivity index (χ0n) is 10.2. The largest absolute Gasteiger partial charge is 0.260 e. The van der Waals surface area contributed by atoms with Gasteiger partial charge in [-0.05, 0) is 41.4 Å². The molecule has 7 heteroatoms. The van der Waals surface area contributed by atoms with Crippen LogP contribution in [0.3, 0.4) is 0 Å². The first-order valence-electron chi connectivity index (χ1n) is 5.40. The van der Waals surface area contributed by atoms with Crippen molar-refractivity contribution in [1.29, 1.82) is 0 Å².